The largest absolute Gasteiger partial charge is 0.454 e. The van der Waals surface area contributed by atoms with E-state index in [0.29, 0.717) is 0 Å². The molecule has 0 aromatic heterocycles. The minimum atomic E-state index is -0.806. The maximum absolute atomic E-state index is 12.8. The zero-order valence-corrected chi connectivity index (χ0v) is 19.0. The number of amides is 2. The summed E-state index contributed by atoms with van der Waals surface area (Å²) in [6.07, 6.45) is 3.10. The number of esters is 1. The number of rotatable bonds is 8. The minimum Gasteiger partial charge on any atom is -0.454 e. The normalized spacial score (nSPS) is 16.1. The fourth-order valence-electron chi connectivity index (χ4n) is 4.13. The van der Waals surface area contributed by atoms with Gasteiger partial charge in [-0.3, -0.25) is 9.59 Å². The van der Waals surface area contributed by atoms with Gasteiger partial charge in [-0.25, -0.2) is 4.79 Å². The molecule has 1 aliphatic rings. The third kappa shape index (κ3) is 5.96. The van der Waals surface area contributed by atoms with Crippen molar-refractivity contribution in [2.75, 3.05) is 13.7 Å². The summed E-state index contributed by atoms with van der Waals surface area (Å²) in [4.78, 5) is 39.5. The molecule has 0 aliphatic heterocycles. The van der Waals surface area contributed by atoms with E-state index < -0.39 is 12.0 Å². The van der Waals surface area contributed by atoms with E-state index in [9.17, 15) is 14.4 Å². The second-order valence-electron chi connectivity index (χ2n) is 8.67. The first-order valence-electron chi connectivity index (χ1n) is 11.2. The number of nitrogens with zero attached hydrogens (tertiary/aromatic N) is 1. The van der Waals surface area contributed by atoms with Crippen molar-refractivity contribution in [2.45, 2.75) is 51.6 Å². The summed E-state index contributed by atoms with van der Waals surface area (Å²) in [7, 11) is 1.75. The number of likely N-dealkylation sites (N-methyl/N-ethyl adjacent to an activating group) is 1. The molecule has 0 bridgehead atoms. The zero-order valence-electron chi connectivity index (χ0n) is 19.0. The molecule has 0 saturated heterocycles. The van der Waals surface area contributed by atoms with Crippen LogP contribution in [-0.4, -0.2) is 42.4 Å². The maximum Gasteiger partial charge on any atom is 0.329 e. The molecule has 0 heterocycles. The average Bonchev–Trinajstić information content (AvgIpc) is 2.80. The summed E-state index contributed by atoms with van der Waals surface area (Å²) in [6, 6.07) is 16.7. The van der Waals surface area contributed by atoms with Crippen molar-refractivity contribution in [1.29, 1.82) is 0 Å². The Balaban J connectivity index is 1.55. The van der Waals surface area contributed by atoms with Crippen LogP contribution in [0.25, 0.3) is 0 Å². The van der Waals surface area contributed by atoms with E-state index in [1.54, 1.807) is 11.9 Å². The molecule has 170 valence electrons. The van der Waals surface area contributed by atoms with Crippen molar-refractivity contribution in [3.05, 3.63) is 71.3 Å². The van der Waals surface area contributed by atoms with Gasteiger partial charge in [0.15, 0.2) is 6.61 Å². The van der Waals surface area contributed by atoms with E-state index >= 15 is 0 Å². The summed E-state index contributed by atoms with van der Waals surface area (Å²) >= 11 is 0. The molecule has 2 atom stereocenters. The van der Waals surface area contributed by atoms with Gasteiger partial charge >= 0.3 is 5.97 Å². The maximum atomic E-state index is 12.8. The number of nitrogens with one attached hydrogen (secondary N) is 1. The summed E-state index contributed by atoms with van der Waals surface area (Å²) < 4.78 is 5.33. The summed E-state index contributed by atoms with van der Waals surface area (Å²) in [5.41, 5.74) is 3.29. The molecule has 1 aliphatic carbocycles. The molecule has 2 aromatic carbocycles. The molecule has 0 radical (unpaired) electrons. The second kappa shape index (κ2) is 10.9. The molecular weight excluding hydrogens is 404 g/mol. The lowest BCUT2D eigenvalue weighted by molar-refractivity contribution is -0.156. The number of hydrogen-bond acceptors (Lipinski definition) is 4. The van der Waals surface area contributed by atoms with Crippen LogP contribution in [0.1, 0.15) is 49.4 Å². The Morgan fingerprint density at radius 3 is 2.47 bits per heavy atom. The van der Waals surface area contributed by atoms with Crippen LogP contribution < -0.4 is 5.32 Å². The first-order valence-corrected chi connectivity index (χ1v) is 11.2. The molecule has 0 spiro atoms. The van der Waals surface area contributed by atoms with Gasteiger partial charge in [0, 0.05) is 7.05 Å². The van der Waals surface area contributed by atoms with Crippen molar-refractivity contribution >= 4 is 17.8 Å². The Hall–Kier alpha value is -3.15. The topological polar surface area (TPSA) is 75.7 Å². The van der Waals surface area contributed by atoms with Crippen LogP contribution in [0.3, 0.4) is 0 Å². The van der Waals surface area contributed by atoms with Gasteiger partial charge in [-0.1, -0.05) is 68.4 Å². The molecule has 32 heavy (non-hydrogen) atoms. The lowest BCUT2D eigenvalue weighted by atomic mass is 9.87. The molecule has 6 nitrogen and oxygen atoms in total. The van der Waals surface area contributed by atoms with Gasteiger partial charge in [-0.15, -0.1) is 0 Å². The average molecular weight is 437 g/mol. The molecule has 6 heteroatoms. The highest BCUT2D eigenvalue weighted by Gasteiger charge is 2.29. The predicted octanol–water partition coefficient (Wildman–Crippen LogP) is 3.45. The van der Waals surface area contributed by atoms with Crippen molar-refractivity contribution < 1.29 is 19.1 Å². The summed E-state index contributed by atoms with van der Waals surface area (Å²) in [5.74, 6) is -1.26. The van der Waals surface area contributed by atoms with E-state index in [4.69, 9.17) is 4.74 Å². The van der Waals surface area contributed by atoms with Crippen LogP contribution in [0, 0.1) is 5.92 Å². The van der Waals surface area contributed by atoms with Gasteiger partial charge in [-0.05, 0) is 41.9 Å². The van der Waals surface area contributed by atoms with Crippen LogP contribution >= 0.6 is 0 Å². The SMILES string of the molecule is CC(C)[C@H](NC(=O)Cc1ccccc1)C(=O)OCC(=O)N(C)C1CCCc2ccccc21. The van der Waals surface area contributed by atoms with E-state index in [1.807, 2.05) is 56.3 Å². The first-order chi connectivity index (χ1) is 15.4. The number of fused-ring (bicyclic) bond motifs is 1. The molecular formula is C26H32N2O4. The van der Waals surface area contributed by atoms with Gasteiger partial charge < -0.3 is 15.0 Å². The molecule has 1 N–H and O–H groups in total. The van der Waals surface area contributed by atoms with Crippen molar-refractivity contribution in [3.63, 3.8) is 0 Å². The van der Waals surface area contributed by atoms with Crippen LogP contribution in [0.4, 0.5) is 0 Å². The van der Waals surface area contributed by atoms with E-state index in [0.717, 1.165) is 30.4 Å². The minimum absolute atomic E-state index is 0.0161. The molecule has 0 fully saturated rings. The Bertz CT molecular complexity index is 942. The smallest absolute Gasteiger partial charge is 0.329 e. The molecule has 1 unspecified atom stereocenters. The Morgan fingerprint density at radius 1 is 1.06 bits per heavy atom. The number of ether oxygens (including phenoxy) is 1. The van der Waals surface area contributed by atoms with Gasteiger partial charge in [0.1, 0.15) is 6.04 Å². The van der Waals surface area contributed by atoms with Crippen molar-refractivity contribution in [2.24, 2.45) is 5.92 Å². The monoisotopic (exact) mass is 436 g/mol. The lowest BCUT2D eigenvalue weighted by Crippen LogP contribution is -2.47. The first kappa shape index (κ1) is 23.5. The van der Waals surface area contributed by atoms with E-state index in [-0.39, 0.29) is 36.8 Å². The fourth-order valence-corrected chi connectivity index (χ4v) is 4.13. The standard InChI is InChI=1S/C26H32N2O4/c1-18(2)25(27-23(29)16-19-10-5-4-6-11-19)26(31)32-17-24(30)28(3)22-15-9-13-20-12-7-8-14-21(20)22/h4-8,10-12,14,18,22,25H,9,13,15-17H2,1-3H3,(H,27,29)/t22?,25-/m0/s1. The van der Waals surface area contributed by atoms with Gasteiger partial charge in [0.2, 0.25) is 5.91 Å². The highest BCUT2D eigenvalue weighted by molar-refractivity contribution is 5.87. The number of aryl methyl sites for hydroxylation is 1. The van der Waals surface area contributed by atoms with Gasteiger partial charge in [0.05, 0.1) is 12.5 Å². The second-order valence-corrected chi connectivity index (χ2v) is 8.67. The van der Waals surface area contributed by atoms with E-state index in [1.165, 1.54) is 5.56 Å². The number of carbonyl (C=O) groups excluding carboxylic acids is 3. The van der Waals surface area contributed by atoms with Gasteiger partial charge in [-0.2, -0.15) is 0 Å². The number of benzene rings is 2. The Labute approximate surface area is 189 Å². The van der Waals surface area contributed by atoms with Crippen LogP contribution in [-0.2, 0) is 32.0 Å². The molecule has 3 rings (SSSR count). The predicted molar refractivity (Wildman–Crippen MR) is 123 cm³/mol. The third-order valence-electron chi connectivity index (χ3n) is 5.98. The van der Waals surface area contributed by atoms with Gasteiger partial charge in [0.25, 0.3) is 5.91 Å². The van der Waals surface area contributed by atoms with Crippen LogP contribution in [0.5, 0.6) is 0 Å². The third-order valence-corrected chi connectivity index (χ3v) is 5.98. The quantitative estimate of drug-likeness (QED) is 0.643. The lowest BCUT2D eigenvalue weighted by Gasteiger charge is -2.33. The Kier molecular flexibility index (Phi) is 8.03. The Morgan fingerprint density at radius 2 is 1.75 bits per heavy atom. The van der Waals surface area contributed by atoms with Crippen molar-refractivity contribution in [3.8, 4) is 0 Å². The van der Waals surface area contributed by atoms with Crippen molar-refractivity contribution in [1.82, 2.24) is 10.2 Å². The molecule has 0 saturated carbocycles. The highest BCUT2D eigenvalue weighted by Crippen LogP contribution is 2.33. The summed E-state index contributed by atoms with van der Waals surface area (Å²) in [5, 5.41) is 2.76. The van der Waals surface area contributed by atoms with E-state index in [2.05, 4.69) is 17.4 Å². The highest BCUT2D eigenvalue weighted by atomic mass is 16.5. The zero-order chi connectivity index (χ0) is 23.1. The fraction of sp³-hybridized carbons (Fsp3) is 0.423. The van der Waals surface area contributed by atoms with Crippen LogP contribution in [0.2, 0.25) is 0 Å². The molecule has 2 aromatic rings. The number of hydrogen-bond donors (Lipinski definition) is 1. The molecule has 2 amide bonds. The van der Waals surface area contributed by atoms with Crippen LogP contribution in [0.15, 0.2) is 54.6 Å². The summed E-state index contributed by atoms with van der Waals surface area (Å²) in [6.45, 7) is 3.33. The number of carbonyl (C=O) groups is 3.